The Balaban J connectivity index is 1.61. The SMILES string of the molecule is Cc1cc(NC(=O)Cc2ccccc2F)ccc1-c1cn(C)c2ncnc(N)c12. The maximum Gasteiger partial charge on any atom is 0.228 e. The number of halogens is 1. The molecular formula is C22H20FN5O. The number of carbonyl (C=O) groups excluding carboxylic acids is 1. The predicted octanol–water partition coefficient (Wildman–Crippen LogP) is 3.85. The number of benzene rings is 2. The largest absolute Gasteiger partial charge is 0.383 e. The second-order valence-corrected chi connectivity index (χ2v) is 6.96. The Hall–Kier alpha value is -3.74. The minimum absolute atomic E-state index is 0.0231. The number of aryl methyl sites for hydroxylation is 2. The Bertz CT molecular complexity index is 1230. The van der Waals surface area contributed by atoms with E-state index < -0.39 is 0 Å². The number of nitrogens with two attached hydrogens (primary N) is 1. The van der Waals surface area contributed by atoms with Crippen molar-refractivity contribution < 1.29 is 9.18 Å². The number of amides is 1. The zero-order valence-corrected chi connectivity index (χ0v) is 16.1. The van der Waals surface area contributed by atoms with Gasteiger partial charge in [0.2, 0.25) is 5.91 Å². The summed E-state index contributed by atoms with van der Waals surface area (Å²) in [4.78, 5) is 20.7. The van der Waals surface area contributed by atoms with Crippen LogP contribution in [0.1, 0.15) is 11.1 Å². The predicted molar refractivity (Wildman–Crippen MR) is 112 cm³/mol. The molecule has 4 rings (SSSR count). The van der Waals surface area contributed by atoms with E-state index in [-0.39, 0.29) is 18.1 Å². The van der Waals surface area contributed by atoms with Crippen molar-refractivity contribution in [1.29, 1.82) is 0 Å². The van der Waals surface area contributed by atoms with Gasteiger partial charge < -0.3 is 15.6 Å². The number of hydrogen-bond acceptors (Lipinski definition) is 4. The molecule has 0 unspecified atom stereocenters. The Kier molecular flexibility index (Phi) is 4.72. The van der Waals surface area contributed by atoms with Crippen molar-refractivity contribution in [2.24, 2.45) is 7.05 Å². The van der Waals surface area contributed by atoms with Crippen LogP contribution < -0.4 is 11.1 Å². The molecule has 0 spiro atoms. The summed E-state index contributed by atoms with van der Waals surface area (Å²) in [5.74, 6) is -0.234. The lowest BCUT2D eigenvalue weighted by molar-refractivity contribution is -0.115. The van der Waals surface area contributed by atoms with Crippen LogP contribution in [0.5, 0.6) is 0 Å². The van der Waals surface area contributed by atoms with Crippen LogP contribution >= 0.6 is 0 Å². The number of carbonyl (C=O) groups is 1. The van der Waals surface area contributed by atoms with Crippen LogP contribution in [-0.2, 0) is 18.3 Å². The smallest absolute Gasteiger partial charge is 0.228 e. The minimum Gasteiger partial charge on any atom is -0.383 e. The van der Waals surface area contributed by atoms with Crippen molar-refractivity contribution in [3.05, 3.63) is 71.9 Å². The summed E-state index contributed by atoms with van der Waals surface area (Å²) in [7, 11) is 1.91. The number of rotatable bonds is 4. The van der Waals surface area contributed by atoms with E-state index in [1.165, 1.54) is 12.4 Å². The fraction of sp³-hybridized carbons (Fsp3) is 0.136. The van der Waals surface area contributed by atoms with Gasteiger partial charge in [0.05, 0.1) is 11.8 Å². The van der Waals surface area contributed by atoms with E-state index in [0.29, 0.717) is 17.1 Å². The van der Waals surface area contributed by atoms with E-state index in [9.17, 15) is 9.18 Å². The summed E-state index contributed by atoms with van der Waals surface area (Å²) >= 11 is 0. The summed E-state index contributed by atoms with van der Waals surface area (Å²) < 4.78 is 15.7. The third-order valence-electron chi connectivity index (χ3n) is 4.89. The summed E-state index contributed by atoms with van der Waals surface area (Å²) in [6.07, 6.45) is 3.39. The highest BCUT2D eigenvalue weighted by atomic mass is 19.1. The molecule has 0 aliphatic heterocycles. The summed E-state index contributed by atoms with van der Waals surface area (Å²) in [5.41, 5.74) is 10.7. The standard InChI is InChI=1S/C22H20FN5O/c1-13-9-15(27-19(29)10-14-5-3-4-6-18(14)23)7-8-16(13)17-11-28(2)22-20(17)21(24)25-12-26-22/h3-9,11-12H,10H2,1-2H3,(H,27,29)(H2,24,25,26). The number of anilines is 2. The molecule has 146 valence electrons. The fourth-order valence-electron chi connectivity index (χ4n) is 3.50. The molecule has 0 saturated heterocycles. The number of nitrogens with zero attached hydrogens (tertiary/aromatic N) is 3. The summed E-state index contributed by atoms with van der Waals surface area (Å²) in [5, 5.41) is 3.63. The molecule has 0 aliphatic rings. The maximum absolute atomic E-state index is 13.8. The van der Waals surface area contributed by atoms with Gasteiger partial charge >= 0.3 is 0 Å². The van der Waals surface area contributed by atoms with Gasteiger partial charge in [-0.05, 0) is 41.8 Å². The number of nitrogen functional groups attached to an aromatic ring is 1. The monoisotopic (exact) mass is 389 g/mol. The number of aromatic nitrogens is 3. The van der Waals surface area contributed by atoms with E-state index >= 15 is 0 Å². The van der Waals surface area contributed by atoms with Crippen molar-refractivity contribution >= 4 is 28.4 Å². The highest BCUT2D eigenvalue weighted by Gasteiger charge is 2.15. The Morgan fingerprint density at radius 2 is 1.97 bits per heavy atom. The van der Waals surface area contributed by atoms with Gasteiger partial charge in [-0.15, -0.1) is 0 Å². The van der Waals surface area contributed by atoms with E-state index in [4.69, 9.17) is 5.73 Å². The molecular weight excluding hydrogens is 369 g/mol. The van der Waals surface area contributed by atoms with Gasteiger partial charge in [0.1, 0.15) is 23.6 Å². The highest BCUT2D eigenvalue weighted by Crippen LogP contribution is 2.34. The van der Waals surface area contributed by atoms with Gasteiger partial charge in [-0.25, -0.2) is 14.4 Å². The van der Waals surface area contributed by atoms with Gasteiger partial charge in [0.25, 0.3) is 0 Å². The number of fused-ring (bicyclic) bond motifs is 1. The van der Waals surface area contributed by atoms with Crippen molar-refractivity contribution in [2.45, 2.75) is 13.3 Å². The van der Waals surface area contributed by atoms with Gasteiger partial charge in [0.15, 0.2) is 0 Å². The summed E-state index contributed by atoms with van der Waals surface area (Å²) in [6.45, 7) is 1.96. The first kappa shape index (κ1) is 18.6. The van der Waals surface area contributed by atoms with Crippen molar-refractivity contribution in [3.8, 4) is 11.1 Å². The Labute approximate surface area is 167 Å². The van der Waals surface area contributed by atoms with Gasteiger partial charge in [-0.3, -0.25) is 4.79 Å². The average Bonchev–Trinajstić information content (AvgIpc) is 3.02. The lowest BCUT2D eigenvalue weighted by Crippen LogP contribution is -2.15. The molecule has 3 N–H and O–H groups in total. The average molecular weight is 389 g/mol. The molecule has 0 radical (unpaired) electrons. The molecule has 2 aromatic heterocycles. The van der Waals surface area contributed by atoms with Crippen LogP contribution in [0.3, 0.4) is 0 Å². The second-order valence-electron chi connectivity index (χ2n) is 6.96. The normalized spacial score (nSPS) is 11.0. The van der Waals surface area contributed by atoms with Crippen LogP contribution in [0.2, 0.25) is 0 Å². The third kappa shape index (κ3) is 3.54. The number of nitrogens with one attached hydrogen (secondary N) is 1. The molecule has 29 heavy (non-hydrogen) atoms. The van der Waals surface area contributed by atoms with Crippen LogP contribution in [0.4, 0.5) is 15.9 Å². The van der Waals surface area contributed by atoms with Crippen molar-refractivity contribution in [3.63, 3.8) is 0 Å². The molecule has 0 saturated carbocycles. The van der Waals surface area contributed by atoms with E-state index in [1.807, 2.05) is 42.9 Å². The topological polar surface area (TPSA) is 85.8 Å². The third-order valence-corrected chi connectivity index (χ3v) is 4.89. The Morgan fingerprint density at radius 3 is 2.72 bits per heavy atom. The van der Waals surface area contributed by atoms with Crippen LogP contribution in [-0.4, -0.2) is 20.4 Å². The molecule has 0 fully saturated rings. The van der Waals surface area contributed by atoms with Crippen LogP contribution in [0.25, 0.3) is 22.2 Å². The van der Waals surface area contributed by atoms with Gasteiger partial charge in [0, 0.05) is 24.5 Å². The maximum atomic E-state index is 13.8. The molecule has 2 aromatic carbocycles. The van der Waals surface area contributed by atoms with Crippen molar-refractivity contribution in [2.75, 3.05) is 11.1 Å². The fourth-order valence-corrected chi connectivity index (χ4v) is 3.50. The minimum atomic E-state index is -0.384. The zero-order valence-electron chi connectivity index (χ0n) is 16.1. The lowest BCUT2D eigenvalue weighted by atomic mass is 10.00. The van der Waals surface area contributed by atoms with Crippen molar-refractivity contribution in [1.82, 2.24) is 14.5 Å². The van der Waals surface area contributed by atoms with Crippen LogP contribution in [0.15, 0.2) is 55.0 Å². The lowest BCUT2D eigenvalue weighted by Gasteiger charge is -2.10. The summed E-state index contributed by atoms with van der Waals surface area (Å²) in [6, 6.07) is 11.9. The van der Waals surface area contributed by atoms with E-state index in [2.05, 4.69) is 15.3 Å². The first-order valence-electron chi connectivity index (χ1n) is 9.14. The first-order chi connectivity index (χ1) is 13.9. The molecule has 1 amide bonds. The molecule has 6 nitrogen and oxygen atoms in total. The van der Waals surface area contributed by atoms with Crippen LogP contribution in [0, 0.1) is 12.7 Å². The zero-order chi connectivity index (χ0) is 20.5. The molecule has 0 bridgehead atoms. The van der Waals surface area contributed by atoms with E-state index in [0.717, 1.165) is 27.7 Å². The molecule has 4 aromatic rings. The van der Waals surface area contributed by atoms with Gasteiger partial charge in [-0.2, -0.15) is 0 Å². The first-order valence-corrected chi connectivity index (χ1v) is 9.14. The molecule has 0 aliphatic carbocycles. The molecule has 0 atom stereocenters. The molecule has 7 heteroatoms. The Morgan fingerprint density at radius 1 is 1.17 bits per heavy atom. The van der Waals surface area contributed by atoms with E-state index in [1.54, 1.807) is 18.2 Å². The molecule has 2 heterocycles. The quantitative estimate of drug-likeness (QED) is 0.555. The van der Waals surface area contributed by atoms with Gasteiger partial charge in [-0.1, -0.05) is 24.3 Å². The number of hydrogen-bond donors (Lipinski definition) is 2. The highest BCUT2D eigenvalue weighted by molar-refractivity contribution is 6.01. The second kappa shape index (κ2) is 7.35.